The van der Waals surface area contributed by atoms with Crippen molar-refractivity contribution in [2.24, 2.45) is 0 Å². The van der Waals surface area contributed by atoms with Crippen LogP contribution in [0.2, 0.25) is 0 Å². The third kappa shape index (κ3) is 2.33. The predicted molar refractivity (Wildman–Crippen MR) is 67.1 cm³/mol. The van der Waals surface area contributed by atoms with Crippen LogP contribution in [0.1, 0.15) is 6.23 Å². The molecule has 0 unspecified atom stereocenters. The summed E-state index contributed by atoms with van der Waals surface area (Å²) < 4.78 is 19.6. The van der Waals surface area contributed by atoms with E-state index in [1.54, 1.807) is 22.6 Å². The number of rotatable bonds is 2. The van der Waals surface area contributed by atoms with E-state index in [-0.39, 0.29) is 3.57 Å². The van der Waals surface area contributed by atoms with Gasteiger partial charge in [-0.2, -0.15) is 0 Å². The Balaban J connectivity index is 2.51. The first-order chi connectivity index (χ1) is 8.78. The van der Waals surface area contributed by atoms with Crippen molar-refractivity contribution in [1.82, 2.24) is 9.55 Å². The predicted octanol–water partition coefficient (Wildman–Crippen LogP) is -1.95. The molecule has 0 bridgehead atoms. The van der Waals surface area contributed by atoms with Gasteiger partial charge in [0.2, 0.25) is 0 Å². The molecule has 1 fully saturated rings. The molecule has 1 aliphatic rings. The molecule has 0 amide bonds. The number of ether oxygens (including phenoxy) is 1. The lowest BCUT2D eigenvalue weighted by Crippen LogP contribution is -2.46. The lowest BCUT2D eigenvalue weighted by molar-refractivity contribution is -0.197. The third-order valence-corrected chi connectivity index (χ3v) is 3.54. The van der Waals surface area contributed by atoms with Crippen molar-refractivity contribution >= 4 is 22.6 Å². The molecule has 1 saturated heterocycles. The minimum absolute atomic E-state index is 0.0681. The monoisotopic (exact) mass is 388 g/mol. The smallest absolute Gasteiger partial charge is 0.330 e. The summed E-state index contributed by atoms with van der Waals surface area (Å²) in [6, 6.07) is 0. The first kappa shape index (κ1) is 14.6. The van der Waals surface area contributed by atoms with Crippen molar-refractivity contribution < 1.29 is 24.4 Å². The van der Waals surface area contributed by atoms with Crippen molar-refractivity contribution in [3.05, 3.63) is 30.6 Å². The maximum Gasteiger partial charge on any atom is 0.330 e. The number of hydrogen-bond acceptors (Lipinski definition) is 6. The lowest BCUT2D eigenvalue weighted by Gasteiger charge is -2.23. The Morgan fingerprint density at radius 2 is 2.21 bits per heavy atom. The fourth-order valence-electron chi connectivity index (χ4n) is 1.78. The average Bonchev–Trinajstić information content (AvgIpc) is 2.56. The number of nitrogens with zero attached hydrogens (tertiary/aromatic N) is 1. The highest BCUT2D eigenvalue weighted by atomic mass is 127. The lowest BCUT2D eigenvalue weighted by atomic mass is 10.1. The highest BCUT2D eigenvalue weighted by Crippen LogP contribution is 2.38. The first-order valence-electron chi connectivity index (χ1n) is 5.15. The van der Waals surface area contributed by atoms with Gasteiger partial charge in [0.05, 0.1) is 10.2 Å². The number of hydrogen-bond donors (Lipinski definition) is 4. The van der Waals surface area contributed by atoms with Gasteiger partial charge in [-0.15, -0.1) is 0 Å². The summed E-state index contributed by atoms with van der Waals surface area (Å²) in [4.78, 5) is 24.7. The van der Waals surface area contributed by atoms with Gasteiger partial charge in [0.1, 0.15) is 12.2 Å². The van der Waals surface area contributed by atoms with E-state index in [0.717, 1.165) is 6.20 Å². The minimum Gasteiger partial charge on any atom is -0.394 e. The maximum atomic E-state index is 14.0. The Morgan fingerprint density at radius 1 is 1.58 bits per heavy atom. The van der Waals surface area contributed by atoms with Gasteiger partial charge in [-0.25, -0.2) is 9.18 Å². The molecule has 1 aliphatic heterocycles. The molecular weight excluding hydrogens is 378 g/mol. The molecule has 8 nitrogen and oxygen atoms in total. The van der Waals surface area contributed by atoms with Gasteiger partial charge in [0, 0.05) is 6.20 Å². The summed E-state index contributed by atoms with van der Waals surface area (Å²) in [5, 5.41) is 27.9. The molecule has 106 valence electrons. The Labute approximate surface area is 118 Å². The molecular formula is C9H10FIN2O6. The molecule has 1 aromatic heterocycles. The standard InChI is InChI=1S/C9H10FIN2O6/c10-9(18)5(15)4(2-14)19-7(9)13-1-3(11)6(16)12-8(13)17/h1,4-5,7,14-15,18H,2H2,(H,12,16,17)/t4-,5-,7-,9+/m1/s1. The van der Waals surface area contributed by atoms with Gasteiger partial charge in [0.25, 0.3) is 11.4 Å². The largest absolute Gasteiger partial charge is 0.394 e. The third-order valence-electron chi connectivity index (χ3n) is 2.77. The number of alkyl halides is 1. The number of halogens is 2. The van der Waals surface area contributed by atoms with E-state index in [0.29, 0.717) is 4.57 Å². The summed E-state index contributed by atoms with van der Waals surface area (Å²) in [6.07, 6.45) is -4.27. The molecule has 10 heteroatoms. The van der Waals surface area contributed by atoms with Crippen LogP contribution >= 0.6 is 22.6 Å². The van der Waals surface area contributed by atoms with Crippen LogP contribution in [0, 0.1) is 3.57 Å². The summed E-state index contributed by atoms with van der Waals surface area (Å²) in [5.41, 5.74) is -1.67. The number of aromatic amines is 1. The quantitative estimate of drug-likeness (QED) is 0.437. The average molecular weight is 388 g/mol. The maximum absolute atomic E-state index is 14.0. The summed E-state index contributed by atoms with van der Waals surface area (Å²) in [7, 11) is 0. The van der Waals surface area contributed by atoms with Crippen LogP contribution in [-0.2, 0) is 4.74 Å². The second-order valence-electron chi connectivity index (χ2n) is 4.03. The van der Waals surface area contributed by atoms with Crippen LogP contribution in [-0.4, -0.2) is 49.5 Å². The molecule has 0 saturated carbocycles. The zero-order valence-corrected chi connectivity index (χ0v) is 11.4. The molecule has 4 atom stereocenters. The number of aliphatic hydroxyl groups excluding tert-OH is 2. The van der Waals surface area contributed by atoms with Crippen LogP contribution in [0.4, 0.5) is 4.39 Å². The van der Waals surface area contributed by atoms with Gasteiger partial charge in [-0.3, -0.25) is 14.3 Å². The number of aliphatic hydroxyl groups is 3. The van der Waals surface area contributed by atoms with Crippen LogP contribution in [0.5, 0.6) is 0 Å². The van der Waals surface area contributed by atoms with Gasteiger partial charge in [0.15, 0.2) is 6.23 Å². The van der Waals surface area contributed by atoms with Crippen molar-refractivity contribution in [1.29, 1.82) is 0 Å². The van der Waals surface area contributed by atoms with E-state index in [9.17, 15) is 24.2 Å². The topological polar surface area (TPSA) is 125 Å². The zero-order chi connectivity index (χ0) is 14.4. The van der Waals surface area contributed by atoms with Crippen LogP contribution in [0.25, 0.3) is 0 Å². The molecule has 0 aromatic carbocycles. The summed E-state index contributed by atoms with van der Waals surface area (Å²) in [5.74, 6) is -3.27. The van der Waals surface area contributed by atoms with Crippen molar-refractivity contribution in [2.45, 2.75) is 24.3 Å². The van der Waals surface area contributed by atoms with E-state index in [1.807, 2.05) is 4.98 Å². The fourth-order valence-corrected chi connectivity index (χ4v) is 2.22. The van der Waals surface area contributed by atoms with E-state index >= 15 is 0 Å². The first-order valence-corrected chi connectivity index (χ1v) is 6.23. The highest BCUT2D eigenvalue weighted by Gasteiger charge is 2.57. The number of aromatic nitrogens is 2. The van der Waals surface area contributed by atoms with Gasteiger partial charge >= 0.3 is 5.69 Å². The van der Waals surface area contributed by atoms with Gasteiger partial charge < -0.3 is 20.1 Å². The zero-order valence-electron chi connectivity index (χ0n) is 9.29. The molecule has 0 radical (unpaired) electrons. The second-order valence-corrected chi connectivity index (χ2v) is 5.19. The van der Waals surface area contributed by atoms with Crippen molar-refractivity contribution in [2.75, 3.05) is 6.61 Å². The number of nitrogens with one attached hydrogen (secondary N) is 1. The van der Waals surface area contributed by atoms with Crippen LogP contribution in [0.15, 0.2) is 15.8 Å². The van der Waals surface area contributed by atoms with Crippen molar-refractivity contribution in [3.63, 3.8) is 0 Å². The number of H-pyrrole nitrogens is 1. The second kappa shape index (κ2) is 4.94. The van der Waals surface area contributed by atoms with Crippen LogP contribution in [0.3, 0.4) is 0 Å². The normalized spacial score (nSPS) is 34.7. The highest BCUT2D eigenvalue weighted by molar-refractivity contribution is 14.1. The van der Waals surface area contributed by atoms with Crippen molar-refractivity contribution in [3.8, 4) is 0 Å². The Bertz CT molecular complexity index is 599. The molecule has 0 spiro atoms. The van der Waals surface area contributed by atoms with E-state index in [1.165, 1.54) is 0 Å². The summed E-state index contributed by atoms with van der Waals surface area (Å²) in [6.45, 7) is -0.737. The summed E-state index contributed by atoms with van der Waals surface area (Å²) >= 11 is 1.61. The Kier molecular flexibility index (Phi) is 3.79. The Hall–Kier alpha value is -0.820. The molecule has 0 aliphatic carbocycles. The van der Waals surface area contributed by atoms with E-state index in [4.69, 9.17) is 9.84 Å². The molecule has 19 heavy (non-hydrogen) atoms. The van der Waals surface area contributed by atoms with Gasteiger partial charge in [-0.1, -0.05) is 0 Å². The molecule has 2 heterocycles. The SMILES string of the molecule is O=c1[nH]c(=O)n([C@@H]2O[C@H](CO)[C@@H](O)[C@@]2(O)F)cc1I. The fraction of sp³-hybridized carbons (Fsp3) is 0.556. The molecule has 2 rings (SSSR count). The van der Waals surface area contributed by atoms with Gasteiger partial charge in [-0.05, 0) is 22.6 Å². The molecule has 1 aromatic rings. The van der Waals surface area contributed by atoms with Crippen LogP contribution < -0.4 is 11.2 Å². The van der Waals surface area contributed by atoms with E-state index < -0.39 is 42.1 Å². The molecule has 4 N–H and O–H groups in total. The van der Waals surface area contributed by atoms with E-state index in [2.05, 4.69) is 0 Å². The Morgan fingerprint density at radius 3 is 2.74 bits per heavy atom. The minimum atomic E-state index is -3.27.